The third-order valence-electron chi connectivity index (χ3n) is 9.60. The molecule has 4 fully saturated rings. The summed E-state index contributed by atoms with van der Waals surface area (Å²) in [6.07, 6.45) is 12.7. The number of nitrogens with two attached hydrogens (primary N) is 1. The number of aryl methyl sites for hydroxylation is 1. The largest absolute Gasteiger partial charge is 0.459 e. The average Bonchev–Trinajstić information content (AvgIpc) is 3.23. The molecule has 28 heavy (non-hydrogen) atoms. The highest BCUT2D eigenvalue weighted by Crippen LogP contribution is 2.64. The van der Waals surface area contributed by atoms with Crippen molar-refractivity contribution in [1.82, 2.24) is 5.32 Å². The Kier molecular flexibility index (Phi) is 4.25. The van der Waals surface area contributed by atoms with Crippen LogP contribution in [0, 0.1) is 35.5 Å². The first kappa shape index (κ1) is 18.7. The quantitative estimate of drug-likeness (QED) is 0.772. The summed E-state index contributed by atoms with van der Waals surface area (Å²) in [6.45, 7) is 8.10. The molecular formula is C24H36N2O2. The summed E-state index contributed by atoms with van der Waals surface area (Å²) in [5.41, 5.74) is 8.66. The fraction of sp³-hybridized carbons (Fsp3) is 0.792. The second-order valence-electron chi connectivity index (χ2n) is 10.9. The Morgan fingerprint density at radius 3 is 2.79 bits per heavy atom. The maximum atomic E-state index is 11.9. The topological polar surface area (TPSA) is 68.3 Å². The first-order chi connectivity index (χ1) is 13.3. The summed E-state index contributed by atoms with van der Waals surface area (Å²) in [5.74, 6) is 2.90. The number of primary amides is 1. The Morgan fingerprint density at radius 1 is 1.18 bits per heavy atom. The third-order valence-corrected chi connectivity index (χ3v) is 9.60. The summed E-state index contributed by atoms with van der Waals surface area (Å²) >= 11 is 0. The second kappa shape index (κ2) is 6.35. The summed E-state index contributed by atoms with van der Waals surface area (Å²) in [6, 6.07) is 0.611. The van der Waals surface area contributed by atoms with Crippen LogP contribution in [0.2, 0.25) is 0 Å². The molecule has 3 saturated carbocycles. The van der Waals surface area contributed by atoms with Crippen molar-refractivity contribution in [2.45, 2.75) is 84.1 Å². The lowest BCUT2D eigenvalue weighted by Gasteiger charge is -2.61. The number of nitrogens with one attached hydrogen (secondary N) is 1. The fourth-order valence-electron chi connectivity index (χ4n) is 8.32. The standard InChI is InChI=1S/C24H36N2O2/c1-14-13-28-21(22(25)27)20(14)15-11-24(3)18-8-10-23(2)9-4-5-17(23)16(18)6-7-19(24)26-12-15/h13,15-19,26H,4-12H2,1-3H3,(H2,25,27)/t15?,16-,17-,18+,19?,23-,24+/m0/s1. The molecule has 4 nitrogen and oxygen atoms in total. The lowest BCUT2D eigenvalue weighted by atomic mass is 9.47. The normalized spacial score (nSPS) is 45.2. The van der Waals surface area contributed by atoms with Gasteiger partial charge in [0.25, 0.3) is 5.91 Å². The number of hydrogen-bond acceptors (Lipinski definition) is 3. The zero-order valence-corrected chi connectivity index (χ0v) is 17.7. The lowest BCUT2D eigenvalue weighted by Crippen LogP contribution is -2.60. The van der Waals surface area contributed by atoms with Crippen LogP contribution in [0.15, 0.2) is 10.7 Å². The molecule has 0 radical (unpaired) electrons. The highest BCUT2D eigenvalue weighted by Gasteiger charge is 2.58. The summed E-state index contributed by atoms with van der Waals surface area (Å²) in [5, 5.41) is 3.90. The highest BCUT2D eigenvalue weighted by atomic mass is 16.3. The van der Waals surface area contributed by atoms with Crippen LogP contribution in [-0.2, 0) is 0 Å². The minimum atomic E-state index is -0.434. The first-order valence-corrected chi connectivity index (χ1v) is 11.4. The number of carbonyl (C=O) groups is 1. The Bertz CT molecular complexity index is 786. The Labute approximate surface area is 169 Å². The molecule has 1 aliphatic heterocycles. The van der Waals surface area contributed by atoms with Crippen molar-refractivity contribution >= 4 is 5.91 Å². The van der Waals surface area contributed by atoms with E-state index in [-0.39, 0.29) is 0 Å². The Morgan fingerprint density at radius 2 is 2.00 bits per heavy atom. The van der Waals surface area contributed by atoms with Gasteiger partial charge in [-0.05, 0) is 86.0 Å². The molecule has 2 heterocycles. The number of rotatable bonds is 2. The highest BCUT2D eigenvalue weighted by molar-refractivity contribution is 5.92. The Balaban J connectivity index is 1.46. The van der Waals surface area contributed by atoms with Gasteiger partial charge in [-0.2, -0.15) is 0 Å². The molecule has 1 amide bonds. The van der Waals surface area contributed by atoms with E-state index in [9.17, 15) is 4.79 Å². The summed E-state index contributed by atoms with van der Waals surface area (Å²) in [4.78, 5) is 11.9. The SMILES string of the molecule is Cc1coc(C(N)=O)c1C1CNC2CC[C@@H]3[C@@H](CC[C@]4(C)CCC[C@@H]34)[C@@]2(C)C1. The van der Waals surface area contributed by atoms with Crippen molar-refractivity contribution in [3.05, 3.63) is 23.2 Å². The van der Waals surface area contributed by atoms with Crippen molar-refractivity contribution in [3.8, 4) is 0 Å². The zero-order valence-electron chi connectivity index (χ0n) is 17.7. The van der Waals surface area contributed by atoms with E-state index in [1.807, 2.05) is 6.92 Å². The number of carbonyl (C=O) groups excluding carboxylic acids is 1. The van der Waals surface area contributed by atoms with E-state index in [4.69, 9.17) is 10.2 Å². The van der Waals surface area contributed by atoms with Gasteiger partial charge in [0.1, 0.15) is 0 Å². The van der Waals surface area contributed by atoms with Crippen LogP contribution >= 0.6 is 0 Å². The van der Waals surface area contributed by atoms with Gasteiger partial charge in [0, 0.05) is 24.1 Å². The van der Waals surface area contributed by atoms with E-state index < -0.39 is 5.91 Å². The van der Waals surface area contributed by atoms with Gasteiger partial charge in [0.15, 0.2) is 5.76 Å². The maximum absolute atomic E-state index is 11.9. The molecule has 3 N–H and O–H groups in total. The lowest BCUT2D eigenvalue weighted by molar-refractivity contribution is -0.0882. The predicted octanol–water partition coefficient (Wildman–Crippen LogP) is 4.77. The monoisotopic (exact) mass is 384 g/mol. The van der Waals surface area contributed by atoms with Crippen LogP contribution in [0.1, 0.15) is 92.8 Å². The molecule has 5 rings (SSSR count). The van der Waals surface area contributed by atoms with Gasteiger partial charge >= 0.3 is 0 Å². The van der Waals surface area contributed by atoms with E-state index in [0.717, 1.165) is 41.8 Å². The number of furan rings is 1. The van der Waals surface area contributed by atoms with Crippen LogP contribution in [0.4, 0.5) is 0 Å². The van der Waals surface area contributed by atoms with Gasteiger partial charge in [-0.25, -0.2) is 0 Å². The molecule has 0 bridgehead atoms. The second-order valence-corrected chi connectivity index (χ2v) is 10.9. The van der Waals surface area contributed by atoms with Crippen molar-refractivity contribution in [2.24, 2.45) is 34.3 Å². The molecule has 0 aromatic carbocycles. The van der Waals surface area contributed by atoms with E-state index in [2.05, 4.69) is 19.2 Å². The van der Waals surface area contributed by atoms with Crippen molar-refractivity contribution in [1.29, 1.82) is 0 Å². The van der Waals surface area contributed by atoms with Gasteiger partial charge in [0.05, 0.1) is 6.26 Å². The molecule has 2 unspecified atom stereocenters. The summed E-state index contributed by atoms with van der Waals surface area (Å²) < 4.78 is 5.55. The molecule has 1 aromatic heterocycles. The van der Waals surface area contributed by atoms with Gasteiger partial charge in [-0.15, -0.1) is 0 Å². The molecular weight excluding hydrogens is 348 g/mol. The van der Waals surface area contributed by atoms with E-state index in [1.165, 1.54) is 44.9 Å². The molecule has 3 aliphatic carbocycles. The van der Waals surface area contributed by atoms with Crippen molar-refractivity contribution < 1.29 is 9.21 Å². The van der Waals surface area contributed by atoms with Crippen molar-refractivity contribution in [2.75, 3.05) is 6.54 Å². The van der Waals surface area contributed by atoms with Crippen molar-refractivity contribution in [3.63, 3.8) is 0 Å². The molecule has 1 saturated heterocycles. The zero-order chi connectivity index (χ0) is 19.7. The van der Waals surface area contributed by atoms with Crippen LogP contribution in [0.5, 0.6) is 0 Å². The van der Waals surface area contributed by atoms with Crippen LogP contribution in [-0.4, -0.2) is 18.5 Å². The first-order valence-electron chi connectivity index (χ1n) is 11.4. The predicted molar refractivity (Wildman–Crippen MR) is 110 cm³/mol. The van der Waals surface area contributed by atoms with Gasteiger partial charge in [0.2, 0.25) is 0 Å². The number of piperidine rings is 1. The van der Waals surface area contributed by atoms with E-state index in [1.54, 1.807) is 6.26 Å². The van der Waals surface area contributed by atoms with Crippen LogP contribution in [0.3, 0.4) is 0 Å². The average molecular weight is 385 g/mol. The van der Waals surface area contributed by atoms with E-state index >= 15 is 0 Å². The Hall–Kier alpha value is -1.29. The third kappa shape index (κ3) is 2.56. The van der Waals surface area contributed by atoms with Crippen LogP contribution < -0.4 is 11.1 Å². The molecule has 0 spiro atoms. The molecule has 1 aromatic rings. The number of amides is 1. The van der Waals surface area contributed by atoms with Gasteiger partial charge in [-0.1, -0.05) is 20.3 Å². The van der Waals surface area contributed by atoms with E-state index in [0.29, 0.717) is 28.5 Å². The van der Waals surface area contributed by atoms with Crippen LogP contribution in [0.25, 0.3) is 0 Å². The smallest absolute Gasteiger partial charge is 0.284 e. The minimum absolute atomic E-state index is 0.300. The molecule has 154 valence electrons. The molecule has 7 atom stereocenters. The van der Waals surface area contributed by atoms with Gasteiger partial charge in [-0.3, -0.25) is 4.79 Å². The van der Waals surface area contributed by atoms with Gasteiger partial charge < -0.3 is 15.5 Å². The number of fused-ring (bicyclic) bond motifs is 5. The fourth-order valence-corrected chi connectivity index (χ4v) is 8.32. The minimum Gasteiger partial charge on any atom is -0.459 e. The maximum Gasteiger partial charge on any atom is 0.284 e. The summed E-state index contributed by atoms with van der Waals surface area (Å²) in [7, 11) is 0. The molecule has 4 aliphatic rings. The molecule has 4 heteroatoms. The number of hydrogen-bond donors (Lipinski definition) is 2.